The Morgan fingerprint density at radius 2 is 2.11 bits per heavy atom. The number of halogens is 1. The summed E-state index contributed by atoms with van der Waals surface area (Å²) in [6.07, 6.45) is 0.266. The zero-order valence-electron chi connectivity index (χ0n) is 10.2. The normalized spacial score (nSPS) is 10.4. The van der Waals surface area contributed by atoms with Crippen LogP contribution in [-0.4, -0.2) is 11.1 Å². The fraction of sp³-hybridized carbons (Fsp3) is 0.231. The molecule has 0 saturated heterocycles. The summed E-state index contributed by atoms with van der Waals surface area (Å²) in [6.45, 7) is 3.64. The molecule has 1 heterocycles. The van der Waals surface area contributed by atoms with Crippen LogP contribution in [0.5, 0.6) is 0 Å². The van der Waals surface area contributed by atoms with Gasteiger partial charge in [-0.2, -0.15) is 0 Å². The van der Waals surface area contributed by atoms with E-state index in [-0.39, 0.29) is 12.3 Å². The smallest absolute Gasteiger partial charge is 0.229 e. The molecule has 0 aliphatic rings. The van der Waals surface area contributed by atoms with Crippen LogP contribution < -0.4 is 5.32 Å². The highest BCUT2D eigenvalue weighted by Gasteiger charge is 2.14. The minimum atomic E-state index is -0.0868. The topological polar surface area (TPSA) is 55.1 Å². The molecule has 0 unspecified atom stereocenters. The first-order chi connectivity index (χ1) is 8.58. The standard InChI is InChI=1S/C13H13BrN2O2/c1-8-10(9(2)18-16-8)7-13(17)15-12-6-4-3-5-11(12)14/h3-6H,7H2,1-2H3,(H,15,17). The molecule has 0 atom stereocenters. The van der Waals surface area contributed by atoms with Crippen LogP contribution in [0, 0.1) is 13.8 Å². The van der Waals surface area contributed by atoms with Crippen molar-refractivity contribution in [1.29, 1.82) is 0 Å². The van der Waals surface area contributed by atoms with Gasteiger partial charge < -0.3 is 9.84 Å². The van der Waals surface area contributed by atoms with E-state index in [9.17, 15) is 4.79 Å². The van der Waals surface area contributed by atoms with Crippen LogP contribution >= 0.6 is 15.9 Å². The molecule has 94 valence electrons. The zero-order valence-corrected chi connectivity index (χ0v) is 11.7. The number of aryl methyl sites for hydroxylation is 2. The number of carbonyl (C=O) groups excluding carboxylic acids is 1. The van der Waals surface area contributed by atoms with E-state index in [1.54, 1.807) is 6.92 Å². The highest BCUT2D eigenvalue weighted by Crippen LogP contribution is 2.22. The Morgan fingerprint density at radius 3 is 2.72 bits per heavy atom. The molecule has 1 amide bonds. The molecule has 1 N–H and O–H groups in total. The van der Waals surface area contributed by atoms with E-state index in [0.717, 1.165) is 21.4 Å². The molecule has 0 spiro atoms. The first-order valence-corrected chi connectivity index (χ1v) is 6.33. The van der Waals surface area contributed by atoms with E-state index in [2.05, 4.69) is 26.4 Å². The maximum atomic E-state index is 11.9. The van der Waals surface area contributed by atoms with Gasteiger partial charge in [0.25, 0.3) is 0 Å². The first-order valence-electron chi connectivity index (χ1n) is 5.54. The molecule has 0 radical (unpaired) electrons. The highest BCUT2D eigenvalue weighted by atomic mass is 79.9. The van der Waals surface area contributed by atoms with Crippen LogP contribution in [0.25, 0.3) is 0 Å². The SMILES string of the molecule is Cc1noc(C)c1CC(=O)Nc1ccccc1Br. The van der Waals surface area contributed by atoms with Crippen LogP contribution in [-0.2, 0) is 11.2 Å². The fourth-order valence-corrected chi connectivity index (χ4v) is 2.06. The molecule has 1 aromatic heterocycles. The third-order valence-electron chi connectivity index (χ3n) is 2.67. The third kappa shape index (κ3) is 2.79. The van der Waals surface area contributed by atoms with Gasteiger partial charge in [0.2, 0.25) is 5.91 Å². The van der Waals surface area contributed by atoms with Crippen molar-refractivity contribution >= 4 is 27.5 Å². The van der Waals surface area contributed by atoms with E-state index >= 15 is 0 Å². The van der Waals surface area contributed by atoms with Crippen molar-refractivity contribution < 1.29 is 9.32 Å². The number of anilines is 1. The van der Waals surface area contributed by atoms with Gasteiger partial charge in [0, 0.05) is 10.0 Å². The zero-order chi connectivity index (χ0) is 13.1. The molecule has 0 aliphatic heterocycles. The van der Waals surface area contributed by atoms with E-state index < -0.39 is 0 Å². The quantitative estimate of drug-likeness (QED) is 0.947. The number of nitrogens with zero attached hydrogens (tertiary/aromatic N) is 1. The lowest BCUT2D eigenvalue weighted by Crippen LogP contribution is -2.15. The van der Waals surface area contributed by atoms with Gasteiger partial charge in [-0.05, 0) is 41.9 Å². The number of aromatic nitrogens is 1. The van der Waals surface area contributed by atoms with Gasteiger partial charge in [-0.3, -0.25) is 4.79 Å². The summed E-state index contributed by atoms with van der Waals surface area (Å²) in [7, 11) is 0. The Kier molecular flexibility index (Phi) is 3.81. The van der Waals surface area contributed by atoms with Crippen molar-refractivity contribution in [1.82, 2.24) is 5.16 Å². The maximum Gasteiger partial charge on any atom is 0.229 e. The summed E-state index contributed by atoms with van der Waals surface area (Å²) >= 11 is 3.39. The maximum absolute atomic E-state index is 11.9. The third-order valence-corrected chi connectivity index (χ3v) is 3.36. The Hall–Kier alpha value is -1.62. The summed E-state index contributed by atoms with van der Waals surface area (Å²) in [5.41, 5.74) is 2.36. The van der Waals surface area contributed by atoms with Crippen LogP contribution in [0.4, 0.5) is 5.69 Å². The Bertz CT molecular complexity index is 559. The van der Waals surface area contributed by atoms with Crippen molar-refractivity contribution in [2.75, 3.05) is 5.32 Å². The average molecular weight is 309 g/mol. The van der Waals surface area contributed by atoms with Gasteiger partial charge >= 0.3 is 0 Å². The van der Waals surface area contributed by atoms with E-state index in [1.807, 2.05) is 31.2 Å². The monoisotopic (exact) mass is 308 g/mol. The Morgan fingerprint density at radius 1 is 1.39 bits per heavy atom. The molecule has 2 aromatic rings. The molecule has 0 saturated carbocycles. The van der Waals surface area contributed by atoms with Crippen molar-refractivity contribution in [2.24, 2.45) is 0 Å². The average Bonchev–Trinajstić information content (AvgIpc) is 2.64. The molecule has 0 bridgehead atoms. The van der Waals surface area contributed by atoms with Gasteiger partial charge in [-0.1, -0.05) is 17.3 Å². The number of benzene rings is 1. The molecule has 0 aliphatic carbocycles. The van der Waals surface area contributed by atoms with E-state index in [0.29, 0.717) is 5.76 Å². The van der Waals surface area contributed by atoms with Gasteiger partial charge in [0.15, 0.2) is 0 Å². The van der Waals surface area contributed by atoms with Crippen LogP contribution in [0.3, 0.4) is 0 Å². The van der Waals surface area contributed by atoms with Crippen LogP contribution in [0.2, 0.25) is 0 Å². The number of hydrogen-bond acceptors (Lipinski definition) is 3. The second-order valence-electron chi connectivity index (χ2n) is 4.01. The molecule has 18 heavy (non-hydrogen) atoms. The van der Waals surface area contributed by atoms with Gasteiger partial charge in [0.1, 0.15) is 5.76 Å². The van der Waals surface area contributed by atoms with Crippen molar-refractivity contribution in [2.45, 2.75) is 20.3 Å². The number of para-hydroxylation sites is 1. The summed E-state index contributed by atoms with van der Waals surface area (Å²) in [5, 5.41) is 6.68. The van der Waals surface area contributed by atoms with Crippen molar-refractivity contribution in [3.05, 3.63) is 45.8 Å². The minimum absolute atomic E-state index is 0.0868. The summed E-state index contributed by atoms with van der Waals surface area (Å²) in [5.74, 6) is 0.603. The molecule has 5 heteroatoms. The Labute approximate surface area is 113 Å². The van der Waals surface area contributed by atoms with Crippen molar-refractivity contribution in [3.8, 4) is 0 Å². The van der Waals surface area contributed by atoms with E-state index in [4.69, 9.17) is 4.52 Å². The lowest BCUT2D eigenvalue weighted by atomic mass is 10.1. The molecule has 1 aromatic carbocycles. The second kappa shape index (κ2) is 5.35. The number of nitrogens with one attached hydrogen (secondary N) is 1. The van der Waals surface area contributed by atoms with Crippen LogP contribution in [0.15, 0.2) is 33.3 Å². The van der Waals surface area contributed by atoms with E-state index in [1.165, 1.54) is 0 Å². The molecular formula is C13H13BrN2O2. The summed E-state index contributed by atoms with van der Waals surface area (Å²) in [6, 6.07) is 7.49. The first kappa shape index (κ1) is 12.8. The fourth-order valence-electron chi connectivity index (χ4n) is 1.67. The Balaban J connectivity index is 2.08. The largest absolute Gasteiger partial charge is 0.361 e. The number of amides is 1. The summed E-state index contributed by atoms with van der Waals surface area (Å²) < 4.78 is 5.89. The van der Waals surface area contributed by atoms with Gasteiger partial charge in [-0.25, -0.2) is 0 Å². The number of carbonyl (C=O) groups is 1. The lowest BCUT2D eigenvalue weighted by Gasteiger charge is -2.06. The van der Waals surface area contributed by atoms with Crippen molar-refractivity contribution in [3.63, 3.8) is 0 Å². The molecule has 0 fully saturated rings. The highest BCUT2D eigenvalue weighted by molar-refractivity contribution is 9.10. The number of rotatable bonds is 3. The second-order valence-corrected chi connectivity index (χ2v) is 4.86. The van der Waals surface area contributed by atoms with Crippen LogP contribution in [0.1, 0.15) is 17.0 Å². The van der Waals surface area contributed by atoms with Gasteiger partial charge in [0.05, 0.1) is 17.8 Å². The minimum Gasteiger partial charge on any atom is -0.361 e. The summed E-state index contributed by atoms with van der Waals surface area (Å²) in [4.78, 5) is 11.9. The number of hydrogen-bond donors (Lipinski definition) is 1. The molecule has 2 rings (SSSR count). The predicted octanol–water partition coefficient (Wildman–Crippen LogP) is 3.24. The van der Waals surface area contributed by atoms with Gasteiger partial charge in [-0.15, -0.1) is 0 Å². The molecular weight excluding hydrogens is 296 g/mol. The predicted molar refractivity (Wildman–Crippen MR) is 72.5 cm³/mol. The lowest BCUT2D eigenvalue weighted by molar-refractivity contribution is -0.115. The molecule has 4 nitrogen and oxygen atoms in total.